The van der Waals surface area contributed by atoms with E-state index >= 15 is 0 Å². The number of hydrazine groups is 1. The molecule has 0 atom stereocenters. The Bertz CT molecular complexity index is 1070. The highest BCUT2D eigenvalue weighted by Gasteiger charge is 2.15. The third kappa shape index (κ3) is 3.67. The molecule has 0 fully saturated rings. The second-order valence-corrected chi connectivity index (χ2v) is 6.26. The van der Waals surface area contributed by atoms with Gasteiger partial charge in [0.25, 0.3) is 5.91 Å². The highest BCUT2D eigenvalue weighted by molar-refractivity contribution is 6.07. The Morgan fingerprint density at radius 2 is 1.59 bits per heavy atom. The molecule has 0 saturated heterocycles. The van der Waals surface area contributed by atoms with Crippen molar-refractivity contribution in [3.05, 3.63) is 102 Å². The number of hydrogen-bond donors (Lipinski definition) is 2. The molecule has 5 heteroatoms. The fourth-order valence-electron chi connectivity index (χ4n) is 3.07. The van der Waals surface area contributed by atoms with Crippen LogP contribution < -0.4 is 10.9 Å². The first-order valence-electron chi connectivity index (χ1n) is 8.64. The van der Waals surface area contributed by atoms with Gasteiger partial charge < -0.3 is 4.57 Å². The topological polar surface area (TPSA) is 46.1 Å². The number of anilines is 1. The number of aromatic nitrogens is 1. The molecule has 4 rings (SSSR count). The molecule has 0 aliphatic rings. The Morgan fingerprint density at radius 3 is 2.37 bits per heavy atom. The van der Waals surface area contributed by atoms with E-state index in [-0.39, 0.29) is 11.7 Å². The molecule has 0 aliphatic carbocycles. The van der Waals surface area contributed by atoms with Crippen LogP contribution in [0.5, 0.6) is 0 Å². The second kappa shape index (κ2) is 7.33. The molecular formula is C22H18FN3O. The highest BCUT2D eigenvalue weighted by Crippen LogP contribution is 2.22. The van der Waals surface area contributed by atoms with Gasteiger partial charge in [-0.1, -0.05) is 48.5 Å². The molecule has 134 valence electrons. The van der Waals surface area contributed by atoms with Crippen molar-refractivity contribution in [2.75, 3.05) is 5.43 Å². The quantitative estimate of drug-likeness (QED) is 0.512. The van der Waals surface area contributed by atoms with Crippen LogP contribution >= 0.6 is 0 Å². The van der Waals surface area contributed by atoms with Crippen LogP contribution in [0.3, 0.4) is 0 Å². The summed E-state index contributed by atoms with van der Waals surface area (Å²) in [5.74, 6) is -0.571. The molecule has 0 aliphatic heterocycles. The molecular weight excluding hydrogens is 341 g/mol. The molecule has 1 aromatic heterocycles. The van der Waals surface area contributed by atoms with E-state index < -0.39 is 0 Å². The highest BCUT2D eigenvalue weighted by atomic mass is 19.1. The minimum atomic E-state index is -0.323. The van der Waals surface area contributed by atoms with Crippen LogP contribution in [-0.2, 0) is 6.54 Å². The van der Waals surface area contributed by atoms with Crippen molar-refractivity contribution in [2.24, 2.45) is 0 Å². The van der Waals surface area contributed by atoms with Crippen LogP contribution in [-0.4, -0.2) is 10.5 Å². The van der Waals surface area contributed by atoms with Crippen LogP contribution in [0.15, 0.2) is 85.1 Å². The van der Waals surface area contributed by atoms with Gasteiger partial charge in [-0.3, -0.25) is 15.6 Å². The largest absolute Gasteiger partial charge is 0.342 e. The lowest BCUT2D eigenvalue weighted by Crippen LogP contribution is -2.29. The Labute approximate surface area is 156 Å². The van der Waals surface area contributed by atoms with Crippen molar-refractivity contribution < 1.29 is 9.18 Å². The van der Waals surface area contributed by atoms with Gasteiger partial charge in [0.15, 0.2) is 0 Å². The van der Waals surface area contributed by atoms with Gasteiger partial charge >= 0.3 is 0 Å². The molecule has 0 radical (unpaired) electrons. The number of nitrogens with zero attached hydrogens (tertiary/aromatic N) is 1. The Morgan fingerprint density at radius 1 is 0.889 bits per heavy atom. The summed E-state index contributed by atoms with van der Waals surface area (Å²) in [6.45, 7) is 0.681. The van der Waals surface area contributed by atoms with Crippen molar-refractivity contribution >= 4 is 22.5 Å². The van der Waals surface area contributed by atoms with Gasteiger partial charge in [0.1, 0.15) is 5.82 Å². The van der Waals surface area contributed by atoms with Crippen LogP contribution in [0, 0.1) is 5.82 Å². The van der Waals surface area contributed by atoms with E-state index in [1.165, 1.54) is 12.1 Å². The molecule has 1 amide bonds. The third-order valence-electron chi connectivity index (χ3n) is 4.39. The number of carbonyl (C=O) groups is 1. The SMILES string of the molecule is O=C(NNc1ccc(F)cc1)c1cn(Cc2ccccc2)c2ccccc12. The lowest BCUT2D eigenvalue weighted by Gasteiger charge is -2.07. The van der Waals surface area contributed by atoms with E-state index in [0.29, 0.717) is 17.8 Å². The first-order chi connectivity index (χ1) is 13.2. The van der Waals surface area contributed by atoms with Crippen molar-refractivity contribution in [2.45, 2.75) is 6.54 Å². The first kappa shape index (κ1) is 16.8. The molecule has 2 N–H and O–H groups in total. The number of rotatable bonds is 5. The summed E-state index contributed by atoms with van der Waals surface area (Å²) in [6.07, 6.45) is 1.86. The first-order valence-corrected chi connectivity index (χ1v) is 8.64. The van der Waals surface area contributed by atoms with E-state index in [9.17, 15) is 9.18 Å². The van der Waals surface area contributed by atoms with Gasteiger partial charge in [0.2, 0.25) is 0 Å². The summed E-state index contributed by atoms with van der Waals surface area (Å²) in [6, 6.07) is 23.7. The summed E-state index contributed by atoms with van der Waals surface area (Å²) in [5, 5.41) is 0.881. The fourth-order valence-corrected chi connectivity index (χ4v) is 3.07. The summed E-state index contributed by atoms with van der Waals surface area (Å²) in [7, 11) is 0. The van der Waals surface area contributed by atoms with E-state index in [1.807, 2.05) is 48.7 Å². The standard InChI is InChI=1S/C22H18FN3O/c23-17-10-12-18(13-11-17)24-25-22(27)20-15-26(14-16-6-2-1-3-7-16)21-9-5-4-8-19(20)21/h1-13,15,24H,14H2,(H,25,27). The van der Waals surface area contributed by atoms with Crippen LogP contribution in [0.1, 0.15) is 15.9 Å². The van der Waals surface area contributed by atoms with Gasteiger partial charge in [-0.05, 0) is 35.9 Å². The number of benzene rings is 3. The zero-order chi connectivity index (χ0) is 18.6. The molecule has 0 saturated carbocycles. The van der Waals surface area contributed by atoms with Crippen molar-refractivity contribution in [1.82, 2.24) is 9.99 Å². The molecule has 1 heterocycles. The second-order valence-electron chi connectivity index (χ2n) is 6.26. The summed E-state index contributed by atoms with van der Waals surface area (Å²) >= 11 is 0. The number of halogens is 1. The monoisotopic (exact) mass is 359 g/mol. The maximum atomic E-state index is 13.0. The zero-order valence-corrected chi connectivity index (χ0v) is 14.5. The predicted octanol–water partition coefficient (Wildman–Crippen LogP) is 4.59. The smallest absolute Gasteiger partial charge is 0.271 e. The number of para-hydroxylation sites is 1. The van der Waals surface area contributed by atoms with Crippen LogP contribution in [0.2, 0.25) is 0 Å². The number of nitrogens with one attached hydrogen (secondary N) is 2. The van der Waals surface area contributed by atoms with Crippen LogP contribution in [0.25, 0.3) is 10.9 Å². The molecule has 4 aromatic rings. The lowest BCUT2D eigenvalue weighted by molar-refractivity contribution is 0.0964. The zero-order valence-electron chi connectivity index (χ0n) is 14.5. The van der Waals surface area contributed by atoms with Gasteiger partial charge in [0.05, 0.1) is 11.3 Å². The number of amides is 1. The van der Waals surface area contributed by atoms with E-state index in [4.69, 9.17) is 0 Å². The summed E-state index contributed by atoms with van der Waals surface area (Å²) in [4.78, 5) is 12.7. The van der Waals surface area contributed by atoms with Gasteiger partial charge in [-0.25, -0.2) is 4.39 Å². The summed E-state index contributed by atoms with van der Waals surface area (Å²) < 4.78 is 15.1. The minimum absolute atomic E-state index is 0.248. The maximum absolute atomic E-state index is 13.0. The van der Waals surface area contributed by atoms with Crippen molar-refractivity contribution in [3.8, 4) is 0 Å². The Hall–Kier alpha value is -3.60. The minimum Gasteiger partial charge on any atom is -0.342 e. The fraction of sp³-hybridized carbons (Fsp3) is 0.0455. The average Bonchev–Trinajstić information content (AvgIpc) is 3.07. The predicted molar refractivity (Wildman–Crippen MR) is 105 cm³/mol. The molecule has 0 unspecified atom stereocenters. The Kier molecular flexibility index (Phi) is 4.58. The van der Waals surface area contributed by atoms with Gasteiger partial charge in [-0.15, -0.1) is 0 Å². The normalized spacial score (nSPS) is 10.7. The van der Waals surface area contributed by atoms with Crippen molar-refractivity contribution in [1.29, 1.82) is 0 Å². The molecule has 0 spiro atoms. The molecule has 3 aromatic carbocycles. The number of fused-ring (bicyclic) bond motifs is 1. The van der Waals surface area contributed by atoms with Gasteiger partial charge in [0, 0.05) is 23.6 Å². The third-order valence-corrected chi connectivity index (χ3v) is 4.39. The molecule has 4 nitrogen and oxygen atoms in total. The van der Waals surface area contributed by atoms with E-state index in [2.05, 4.69) is 27.6 Å². The van der Waals surface area contributed by atoms with Crippen molar-refractivity contribution in [3.63, 3.8) is 0 Å². The van der Waals surface area contributed by atoms with E-state index in [1.54, 1.807) is 12.1 Å². The van der Waals surface area contributed by atoms with E-state index in [0.717, 1.165) is 16.5 Å². The maximum Gasteiger partial charge on any atom is 0.271 e. The Balaban J connectivity index is 1.59. The molecule has 0 bridgehead atoms. The number of carbonyl (C=O) groups excluding carboxylic acids is 1. The average molecular weight is 359 g/mol. The molecule has 27 heavy (non-hydrogen) atoms. The number of hydrogen-bond acceptors (Lipinski definition) is 2. The lowest BCUT2D eigenvalue weighted by atomic mass is 10.1. The summed E-state index contributed by atoms with van der Waals surface area (Å²) in [5.41, 5.74) is 8.84. The van der Waals surface area contributed by atoms with Gasteiger partial charge in [-0.2, -0.15) is 0 Å². The van der Waals surface area contributed by atoms with Crippen LogP contribution in [0.4, 0.5) is 10.1 Å².